The van der Waals surface area contributed by atoms with Crippen molar-refractivity contribution in [2.45, 2.75) is 19.3 Å². The van der Waals surface area contributed by atoms with E-state index in [0.717, 1.165) is 12.1 Å². The largest absolute Gasteiger partial charge is 0.342 e. The Labute approximate surface area is 109 Å². The monoisotopic (exact) mass is 259 g/mol. The van der Waals surface area contributed by atoms with E-state index >= 15 is 0 Å². The van der Waals surface area contributed by atoms with E-state index in [4.69, 9.17) is 12.2 Å². The molecule has 0 saturated heterocycles. The number of aromatic nitrogens is 2. The molecule has 0 saturated carbocycles. The summed E-state index contributed by atoms with van der Waals surface area (Å²) in [6.07, 6.45) is 3.53. The van der Waals surface area contributed by atoms with Crippen LogP contribution in [0.2, 0.25) is 0 Å². The molecule has 0 spiro atoms. The summed E-state index contributed by atoms with van der Waals surface area (Å²) in [6, 6.07) is 7.78. The molecule has 0 atom stereocenters. The average molecular weight is 259 g/mol. The fraction of sp³-hybridized carbons (Fsp3) is 0.231. The lowest BCUT2D eigenvalue weighted by molar-refractivity contribution is 0.912. The molecule has 0 unspecified atom stereocenters. The van der Waals surface area contributed by atoms with Crippen LogP contribution in [0.5, 0.6) is 0 Å². The van der Waals surface area contributed by atoms with Gasteiger partial charge in [0.2, 0.25) is 0 Å². The summed E-state index contributed by atoms with van der Waals surface area (Å²) in [5.74, 6) is 0.613. The zero-order valence-electron chi connectivity index (χ0n) is 9.75. The molecule has 0 bridgehead atoms. The van der Waals surface area contributed by atoms with Gasteiger partial charge in [-0.1, -0.05) is 6.07 Å². The van der Waals surface area contributed by atoms with E-state index in [1.807, 2.05) is 6.07 Å². The second-order valence-electron chi connectivity index (χ2n) is 4.46. The van der Waals surface area contributed by atoms with Gasteiger partial charge in [-0.05, 0) is 54.7 Å². The fourth-order valence-corrected chi connectivity index (χ4v) is 2.55. The first-order chi connectivity index (χ1) is 8.70. The van der Waals surface area contributed by atoms with Crippen LogP contribution in [-0.2, 0) is 12.8 Å². The lowest BCUT2D eigenvalue weighted by Gasteiger charge is -2.08. The van der Waals surface area contributed by atoms with Gasteiger partial charge >= 0.3 is 0 Å². The molecule has 4 nitrogen and oxygen atoms in total. The highest BCUT2D eigenvalue weighted by molar-refractivity contribution is 7.71. The Morgan fingerprint density at radius 2 is 1.94 bits per heavy atom. The molecule has 1 aromatic carbocycles. The van der Waals surface area contributed by atoms with Gasteiger partial charge in [0, 0.05) is 11.8 Å². The summed E-state index contributed by atoms with van der Waals surface area (Å²) in [6.45, 7) is 0. The van der Waals surface area contributed by atoms with Gasteiger partial charge in [-0.3, -0.25) is 9.78 Å². The summed E-state index contributed by atoms with van der Waals surface area (Å²) in [4.78, 5) is 16.7. The van der Waals surface area contributed by atoms with Gasteiger partial charge in [-0.15, -0.1) is 0 Å². The maximum absolute atomic E-state index is 11.3. The van der Waals surface area contributed by atoms with Gasteiger partial charge < -0.3 is 10.3 Å². The van der Waals surface area contributed by atoms with E-state index < -0.39 is 0 Å². The number of H-pyrrole nitrogens is 2. The first-order valence-electron chi connectivity index (χ1n) is 5.93. The van der Waals surface area contributed by atoms with Crippen LogP contribution < -0.4 is 10.9 Å². The molecule has 2 aromatic rings. The minimum Gasteiger partial charge on any atom is -0.342 e. The summed E-state index contributed by atoms with van der Waals surface area (Å²) >= 11 is 4.93. The quantitative estimate of drug-likeness (QED) is 0.727. The number of aryl methyl sites for hydroxylation is 2. The van der Waals surface area contributed by atoms with E-state index in [2.05, 4.69) is 27.4 Å². The van der Waals surface area contributed by atoms with Crippen LogP contribution in [-0.4, -0.2) is 9.97 Å². The number of benzene rings is 1. The molecule has 3 rings (SSSR count). The molecular formula is C13H13N3OS. The summed E-state index contributed by atoms with van der Waals surface area (Å²) in [7, 11) is 0. The number of aromatic amines is 2. The molecule has 1 aliphatic rings. The van der Waals surface area contributed by atoms with Crippen molar-refractivity contribution in [1.82, 2.24) is 9.97 Å². The summed E-state index contributed by atoms with van der Waals surface area (Å²) in [5, 5.41) is 3.17. The molecule has 92 valence electrons. The number of fused-ring (bicyclic) bond motifs is 1. The molecule has 1 heterocycles. The number of anilines is 2. The summed E-state index contributed by atoms with van der Waals surface area (Å²) < 4.78 is 0.325. The predicted octanol–water partition coefficient (Wildman–Crippen LogP) is 2.66. The Bertz CT molecular complexity index is 674. The zero-order valence-corrected chi connectivity index (χ0v) is 10.6. The van der Waals surface area contributed by atoms with Crippen molar-refractivity contribution in [3.05, 3.63) is 50.5 Å². The van der Waals surface area contributed by atoms with Crippen molar-refractivity contribution in [2.75, 3.05) is 5.32 Å². The number of hydrogen-bond acceptors (Lipinski definition) is 3. The van der Waals surface area contributed by atoms with Crippen LogP contribution >= 0.6 is 12.2 Å². The van der Waals surface area contributed by atoms with Gasteiger partial charge in [0.1, 0.15) is 5.82 Å². The normalized spacial score (nSPS) is 13.3. The molecule has 18 heavy (non-hydrogen) atoms. The first kappa shape index (κ1) is 11.2. The molecule has 0 amide bonds. The van der Waals surface area contributed by atoms with Crippen LogP contribution in [0, 0.1) is 4.77 Å². The van der Waals surface area contributed by atoms with E-state index in [0.29, 0.717) is 10.6 Å². The first-order valence-corrected chi connectivity index (χ1v) is 6.34. The van der Waals surface area contributed by atoms with E-state index in [1.165, 1.54) is 30.0 Å². The molecule has 0 aliphatic heterocycles. The summed E-state index contributed by atoms with van der Waals surface area (Å²) in [5.41, 5.74) is 3.59. The number of rotatable bonds is 2. The Hall–Kier alpha value is -1.88. The minimum atomic E-state index is -0.206. The molecule has 3 N–H and O–H groups in total. The number of nitrogens with one attached hydrogen (secondary N) is 3. The standard InChI is InChI=1S/C13H13N3OS/c17-12-7-11(15-13(18)16-12)14-10-5-4-8-2-1-3-9(8)6-10/h4-7H,1-3H2,(H3,14,15,16,17,18). The third-order valence-corrected chi connectivity index (χ3v) is 3.34. The number of hydrogen-bond donors (Lipinski definition) is 3. The topological polar surface area (TPSA) is 60.7 Å². The Morgan fingerprint density at radius 3 is 2.78 bits per heavy atom. The minimum absolute atomic E-state index is 0.206. The maximum atomic E-state index is 11.3. The zero-order chi connectivity index (χ0) is 12.5. The second kappa shape index (κ2) is 4.42. The van der Waals surface area contributed by atoms with Gasteiger partial charge in [0.05, 0.1) is 0 Å². The average Bonchev–Trinajstić information content (AvgIpc) is 2.74. The van der Waals surface area contributed by atoms with Crippen molar-refractivity contribution in [2.24, 2.45) is 0 Å². The lowest BCUT2D eigenvalue weighted by Crippen LogP contribution is -2.08. The van der Waals surface area contributed by atoms with Crippen LogP contribution in [0.15, 0.2) is 29.1 Å². The fourth-order valence-electron chi connectivity index (χ4n) is 2.34. The highest BCUT2D eigenvalue weighted by Crippen LogP contribution is 2.25. The van der Waals surface area contributed by atoms with Gasteiger partial charge in [0.25, 0.3) is 5.56 Å². The van der Waals surface area contributed by atoms with Crippen molar-refractivity contribution in [1.29, 1.82) is 0 Å². The van der Waals surface area contributed by atoms with E-state index in [-0.39, 0.29) is 5.56 Å². The van der Waals surface area contributed by atoms with Gasteiger partial charge in [0.15, 0.2) is 4.77 Å². The van der Waals surface area contributed by atoms with Gasteiger partial charge in [-0.2, -0.15) is 0 Å². The second-order valence-corrected chi connectivity index (χ2v) is 4.87. The third kappa shape index (κ3) is 2.22. The van der Waals surface area contributed by atoms with Crippen LogP contribution in [0.1, 0.15) is 17.5 Å². The molecular weight excluding hydrogens is 246 g/mol. The van der Waals surface area contributed by atoms with Crippen LogP contribution in [0.25, 0.3) is 0 Å². The van der Waals surface area contributed by atoms with Crippen molar-refractivity contribution >= 4 is 23.7 Å². The van der Waals surface area contributed by atoms with Crippen molar-refractivity contribution < 1.29 is 0 Å². The maximum Gasteiger partial charge on any atom is 0.253 e. The Morgan fingerprint density at radius 1 is 1.11 bits per heavy atom. The van der Waals surface area contributed by atoms with Crippen molar-refractivity contribution in [3.8, 4) is 0 Å². The van der Waals surface area contributed by atoms with Crippen LogP contribution in [0.3, 0.4) is 0 Å². The SMILES string of the molecule is O=c1cc(Nc2ccc3c(c2)CCC3)[nH]c(=S)[nH]1. The van der Waals surface area contributed by atoms with Crippen LogP contribution in [0.4, 0.5) is 11.5 Å². The van der Waals surface area contributed by atoms with Gasteiger partial charge in [-0.25, -0.2) is 0 Å². The van der Waals surface area contributed by atoms with E-state index in [1.54, 1.807) is 0 Å². The van der Waals surface area contributed by atoms with E-state index in [9.17, 15) is 4.79 Å². The van der Waals surface area contributed by atoms with Crippen molar-refractivity contribution in [3.63, 3.8) is 0 Å². The molecule has 5 heteroatoms. The molecule has 1 aliphatic carbocycles. The lowest BCUT2D eigenvalue weighted by atomic mass is 10.1. The smallest absolute Gasteiger partial charge is 0.253 e. The molecule has 0 radical (unpaired) electrons. The Kier molecular flexibility index (Phi) is 2.76. The predicted molar refractivity (Wildman–Crippen MR) is 74.0 cm³/mol. The Balaban J connectivity index is 1.92. The highest BCUT2D eigenvalue weighted by atomic mass is 32.1. The molecule has 1 aromatic heterocycles. The third-order valence-electron chi connectivity index (χ3n) is 3.14. The highest BCUT2D eigenvalue weighted by Gasteiger charge is 2.10. The molecule has 0 fully saturated rings.